The Bertz CT molecular complexity index is 768. The first-order valence-corrected chi connectivity index (χ1v) is 21.0. The third-order valence-corrected chi connectivity index (χ3v) is 9.38. The highest BCUT2D eigenvalue weighted by Crippen LogP contribution is 2.19. The summed E-state index contributed by atoms with van der Waals surface area (Å²) in [6.07, 6.45) is 52.0. The van der Waals surface area contributed by atoms with Crippen LogP contribution in [0, 0.1) is 0 Å². The van der Waals surface area contributed by atoms with Gasteiger partial charge in [0, 0.05) is 12.8 Å². The number of carbonyl (C=O) groups excluding carboxylic acids is 1. The van der Waals surface area contributed by atoms with E-state index in [9.17, 15) is 9.59 Å². The normalized spacial score (nSPS) is 12.5. The zero-order chi connectivity index (χ0) is 35.0. The van der Waals surface area contributed by atoms with Crippen molar-refractivity contribution in [1.29, 1.82) is 0 Å². The predicted octanol–water partition coefficient (Wildman–Crippen LogP) is 14.6. The molecule has 0 aromatic heterocycles. The zero-order valence-corrected chi connectivity index (χ0v) is 32.0. The van der Waals surface area contributed by atoms with Crippen molar-refractivity contribution in [2.24, 2.45) is 0 Å². The van der Waals surface area contributed by atoms with Crippen LogP contribution in [0.4, 0.5) is 0 Å². The molecule has 0 bridgehead atoms. The number of hydrogen-bond acceptors (Lipinski definition) is 3. The molecule has 4 nitrogen and oxygen atoms in total. The summed E-state index contributed by atoms with van der Waals surface area (Å²) in [5, 5.41) is 8.68. The Morgan fingerprint density at radius 2 is 0.875 bits per heavy atom. The number of carbonyl (C=O) groups is 2. The predicted molar refractivity (Wildman–Crippen MR) is 209 cm³/mol. The molecule has 280 valence electrons. The Labute approximate surface area is 299 Å². The number of ether oxygens (including phenoxy) is 1. The van der Waals surface area contributed by atoms with Crippen molar-refractivity contribution in [2.75, 3.05) is 0 Å². The molecule has 0 aromatic rings. The van der Waals surface area contributed by atoms with Crippen LogP contribution in [0.2, 0.25) is 0 Å². The maximum Gasteiger partial charge on any atom is 0.306 e. The van der Waals surface area contributed by atoms with Gasteiger partial charge in [0.1, 0.15) is 6.10 Å². The maximum absolute atomic E-state index is 12.6. The van der Waals surface area contributed by atoms with Crippen LogP contribution in [0.3, 0.4) is 0 Å². The summed E-state index contributed by atoms with van der Waals surface area (Å²) in [6.45, 7) is 4.42. The number of carboxylic acid groups (broad SMARTS) is 1. The highest BCUT2D eigenvalue weighted by molar-refractivity contribution is 5.69. The quantitative estimate of drug-likeness (QED) is 0.0403. The Morgan fingerprint density at radius 1 is 0.479 bits per heavy atom. The van der Waals surface area contributed by atoms with Crippen LogP contribution in [-0.4, -0.2) is 23.1 Å². The number of aliphatic carboxylic acids is 1. The standard InChI is InChI=1S/C44H80O4/c1-3-5-7-9-10-11-12-13-14-15-16-21-24-27-30-33-37-41-44(47)48-42(38-34-8-6-4-2)39-35-31-28-25-22-19-17-18-20-23-26-29-32-36-40-43(45)46/h5,7,10-11,13-14,42H,3-4,6,8-9,12,15-41H2,1-2H3,(H,45,46)/b7-5-,11-10-,14-13-. The van der Waals surface area contributed by atoms with Crippen molar-refractivity contribution in [3.8, 4) is 0 Å². The fraction of sp³-hybridized carbons (Fsp3) is 0.818. The molecule has 0 saturated heterocycles. The van der Waals surface area contributed by atoms with E-state index in [0.717, 1.165) is 57.8 Å². The summed E-state index contributed by atoms with van der Waals surface area (Å²) < 4.78 is 6.01. The van der Waals surface area contributed by atoms with Crippen LogP contribution >= 0.6 is 0 Å². The molecule has 1 atom stereocenters. The van der Waals surface area contributed by atoms with E-state index in [1.165, 1.54) is 141 Å². The number of unbranched alkanes of at least 4 members (excludes halogenated alkanes) is 23. The van der Waals surface area contributed by atoms with Gasteiger partial charge in [0.05, 0.1) is 0 Å². The molecule has 0 amide bonds. The average molecular weight is 673 g/mol. The van der Waals surface area contributed by atoms with Gasteiger partial charge in [0.15, 0.2) is 0 Å². The molecule has 0 fully saturated rings. The molecule has 48 heavy (non-hydrogen) atoms. The molecular weight excluding hydrogens is 592 g/mol. The van der Waals surface area contributed by atoms with E-state index in [1.54, 1.807) is 0 Å². The number of rotatable bonds is 38. The maximum atomic E-state index is 12.6. The van der Waals surface area contributed by atoms with Crippen molar-refractivity contribution < 1.29 is 19.4 Å². The molecule has 0 rings (SSSR count). The van der Waals surface area contributed by atoms with Crippen LogP contribution in [0.25, 0.3) is 0 Å². The van der Waals surface area contributed by atoms with E-state index in [2.05, 4.69) is 50.3 Å². The van der Waals surface area contributed by atoms with Gasteiger partial charge in [-0.25, -0.2) is 0 Å². The minimum Gasteiger partial charge on any atom is -0.481 e. The van der Waals surface area contributed by atoms with Gasteiger partial charge in [-0.15, -0.1) is 0 Å². The van der Waals surface area contributed by atoms with Crippen molar-refractivity contribution in [1.82, 2.24) is 0 Å². The lowest BCUT2D eigenvalue weighted by molar-refractivity contribution is -0.150. The minimum atomic E-state index is -0.666. The Hall–Kier alpha value is -1.84. The zero-order valence-electron chi connectivity index (χ0n) is 32.0. The number of allylic oxidation sites excluding steroid dienone is 6. The van der Waals surface area contributed by atoms with Crippen molar-refractivity contribution in [2.45, 2.75) is 232 Å². The Kier molecular flexibility index (Phi) is 38.1. The van der Waals surface area contributed by atoms with E-state index in [-0.39, 0.29) is 12.1 Å². The summed E-state index contributed by atoms with van der Waals surface area (Å²) in [7, 11) is 0. The molecule has 0 heterocycles. The number of esters is 1. The van der Waals surface area contributed by atoms with Gasteiger partial charge in [-0.1, -0.05) is 179 Å². The van der Waals surface area contributed by atoms with Gasteiger partial charge in [0.2, 0.25) is 0 Å². The van der Waals surface area contributed by atoms with Gasteiger partial charge in [-0.2, -0.15) is 0 Å². The lowest BCUT2D eigenvalue weighted by atomic mass is 10.0. The van der Waals surface area contributed by atoms with Gasteiger partial charge < -0.3 is 9.84 Å². The molecule has 0 saturated carbocycles. The molecule has 1 unspecified atom stereocenters. The fourth-order valence-electron chi connectivity index (χ4n) is 6.32. The summed E-state index contributed by atoms with van der Waals surface area (Å²) in [6, 6.07) is 0. The molecule has 0 aromatic carbocycles. The first-order chi connectivity index (χ1) is 23.6. The monoisotopic (exact) mass is 673 g/mol. The van der Waals surface area contributed by atoms with Gasteiger partial charge in [-0.05, 0) is 70.6 Å². The number of hydrogen-bond donors (Lipinski definition) is 1. The van der Waals surface area contributed by atoms with Gasteiger partial charge >= 0.3 is 11.9 Å². The van der Waals surface area contributed by atoms with E-state index in [0.29, 0.717) is 12.8 Å². The highest BCUT2D eigenvalue weighted by atomic mass is 16.5. The third kappa shape index (κ3) is 38.6. The lowest BCUT2D eigenvalue weighted by Gasteiger charge is -2.18. The second-order valence-electron chi connectivity index (χ2n) is 14.2. The van der Waals surface area contributed by atoms with Crippen LogP contribution < -0.4 is 0 Å². The molecule has 0 radical (unpaired) electrons. The van der Waals surface area contributed by atoms with Crippen LogP contribution in [-0.2, 0) is 14.3 Å². The second-order valence-corrected chi connectivity index (χ2v) is 14.2. The second kappa shape index (κ2) is 39.6. The summed E-state index contributed by atoms with van der Waals surface area (Å²) in [5.41, 5.74) is 0. The highest BCUT2D eigenvalue weighted by Gasteiger charge is 2.14. The summed E-state index contributed by atoms with van der Waals surface area (Å²) >= 11 is 0. The van der Waals surface area contributed by atoms with Crippen LogP contribution in [0.1, 0.15) is 226 Å². The molecule has 1 N–H and O–H groups in total. The van der Waals surface area contributed by atoms with E-state index < -0.39 is 5.97 Å². The topological polar surface area (TPSA) is 63.6 Å². The fourth-order valence-corrected chi connectivity index (χ4v) is 6.32. The summed E-state index contributed by atoms with van der Waals surface area (Å²) in [5.74, 6) is -0.631. The third-order valence-electron chi connectivity index (χ3n) is 9.38. The van der Waals surface area contributed by atoms with Crippen LogP contribution in [0.5, 0.6) is 0 Å². The molecule has 0 spiro atoms. The van der Waals surface area contributed by atoms with E-state index in [4.69, 9.17) is 9.84 Å². The molecular formula is C44H80O4. The van der Waals surface area contributed by atoms with E-state index in [1.807, 2.05) is 0 Å². The minimum absolute atomic E-state index is 0.0349. The van der Waals surface area contributed by atoms with Crippen LogP contribution in [0.15, 0.2) is 36.5 Å². The first kappa shape index (κ1) is 46.2. The van der Waals surface area contributed by atoms with Crippen molar-refractivity contribution >= 4 is 11.9 Å². The Balaban J connectivity index is 3.79. The first-order valence-electron chi connectivity index (χ1n) is 21.0. The molecule has 0 aliphatic heterocycles. The van der Waals surface area contributed by atoms with Crippen molar-refractivity contribution in [3.63, 3.8) is 0 Å². The SMILES string of the molecule is CC/C=C\C/C=C\C/C=C\CCCCCCCCCC(=O)OC(CCCCCC)CCCCCCCCCCCCCCCCC(=O)O. The smallest absolute Gasteiger partial charge is 0.306 e. The van der Waals surface area contributed by atoms with Gasteiger partial charge in [0.25, 0.3) is 0 Å². The number of carboxylic acids is 1. The van der Waals surface area contributed by atoms with E-state index >= 15 is 0 Å². The lowest BCUT2D eigenvalue weighted by Crippen LogP contribution is -2.18. The molecule has 0 aliphatic carbocycles. The van der Waals surface area contributed by atoms with Gasteiger partial charge in [-0.3, -0.25) is 9.59 Å². The Morgan fingerprint density at radius 3 is 1.35 bits per heavy atom. The average Bonchev–Trinajstić information content (AvgIpc) is 3.07. The molecule has 4 heteroatoms. The largest absolute Gasteiger partial charge is 0.481 e. The molecule has 0 aliphatic rings. The van der Waals surface area contributed by atoms with Crippen molar-refractivity contribution in [3.05, 3.63) is 36.5 Å². The summed E-state index contributed by atoms with van der Waals surface area (Å²) in [4.78, 5) is 23.2.